The monoisotopic (exact) mass is 284 g/mol. The number of aromatic nitrogens is 6. The molecule has 4 rings (SSSR count). The molecule has 21 heavy (non-hydrogen) atoms. The van der Waals surface area contributed by atoms with Crippen molar-refractivity contribution in [1.29, 1.82) is 0 Å². The molecule has 0 radical (unpaired) electrons. The third-order valence-electron chi connectivity index (χ3n) is 4.26. The van der Waals surface area contributed by atoms with Crippen LogP contribution in [0.5, 0.6) is 0 Å². The zero-order valence-electron chi connectivity index (χ0n) is 12.7. The zero-order valence-corrected chi connectivity index (χ0v) is 12.7. The second-order valence-electron chi connectivity index (χ2n) is 5.93. The van der Waals surface area contributed by atoms with Gasteiger partial charge in [0.2, 0.25) is 0 Å². The molecule has 0 unspecified atom stereocenters. The van der Waals surface area contributed by atoms with E-state index in [1.807, 2.05) is 22.6 Å². The van der Waals surface area contributed by atoms with Crippen LogP contribution in [-0.4, -0.2) is 29.5 Å². The summed E-state index contributed by atoms with van der Waals surface area (Å²) in [6, 6.07) is 0. The molecule has 1 aliphatic carbocycles. The van der Waals surface area contributed by atoms with Crippen LogP contribution in [-0.2, 0) is 13.6 Å². The molecule has 1 aliphatic rings. The van der Waals surface area contributed by atoms with Crippen molar-refractivity contribution in [3.05, 3.63) is 17.6 Å². The SMILES string of the molecule is CCCn1ncc(-c2nc3c([nH]2)c(C2CC2)nn3C)c1C. The predicted molar refractivity (Wildman–Crippen MR) is 81.1 cm³/mol. The highest BCUT2D eigenvalue weighted by atomic mass is 15.3. The van der Waals surface area contributed by atoms with Crippen LogP contribution in [0.15, 0.2) is 6.20 Å². The van der Waals surface area contributed by atoms with Crippen LogP contribution in [0.3, 0.4) is 0 Å². The van der Waals surface area contributed by atoms with Crippen molar-refractivity contribution in [2.75, 3.05) is 0 Å². The van der Waals surface area contributed by atoms with Crippen molar-refractivity contribution in [2.45, 2.75) is 45.6 Å². The highest BCUT2D eigenvalue weighted by molar-refractivity contribution is 5.80. The average Bonchev–Trinajstić information content (AvgIpc) is 3.01. The third kappa shape index (κ3) is 1.89. The lowest BCUT2D eigenvalue weighted by Gasteiger charge is -2.02. The van der Waals surface area contributed by atoms with E-state index in [1.165, 1.54) is 18.5 Å². The molecule has 0 spiro atoms. The number of aryl methyl sites for hydroxylation is 2. The summed E-state index contributed by atoms with van der Waals surface area (Å²) >= 11 is 0. The Kier molecular flexibility index (Phi) is 2.67. The second-order valence-corrected chi connectivity index (χ2v) is 5.93. The van der Waals surface area contributed by atoms with E-state index < -0.39 is 0 Å². The maximum atomic E-state index is 4.74. The first-order chi connectivity index (χ1) is 10.2. The van der Waals surface area contributed by atoms with Gasteiger partial charge in [-0.15, -0.1) is 0 Å². The molecule has 1 fully saturated rings. The lowest BCUT2D eigenvalue weighted by atomic mass is 10.2. The maximum Gasteiger partial charge on any atom is 0.176 e. The van der Waals surface area contributed by atoms with E-state index in [0.717, 1.165) is 41.2 Å². The van der Waals surface area contributed by atoms with E-state index in [1.54, 1.807) is 0 Å². The molecule has 1 N–H and O–H groups in total. The van der Waals surface area contributed by atoms with Crippen LogP contribution in [0, 0.1) is 6.92 Å². The number of hydrogen-bond acceptors (Lipinski definition) is 3. The molecule has 0 bridgehead atoms. The van der Waals surface area contributed by atoms with E-state index in [4.69, 9.17) is 4.98 Å². The summed E-state index contributed by atoms with van der Waals surface area (Å²) in [4.78, 5) is 8.21. The van der Waals surface area contributed by atoms with E-state index in [-0.39, 0.29) is 0 Å². The first kappa shape index (κ1) is 12.6. The van der Waals surface area contributed by atoms with Gasteiger partial charge >= 0.3 is 0 Å². The van der Waals surface area contributed by atoms with Crippen LogP contribution in [0.25, 0.3) is 22.6 Å². The largest absolute Gasteiger partial charge is 0.335 e. The van der Waals surface area contributed by atoms with Gasteiger partial charge in [-0.3, -0.25) is 4.68 Å². The van der Waals surface area contributed by atoms with Gasteiger partial charge in [0.25, 0.3) is 0 Å². The Morgan fingerprint density at radius 2 is 2.19 bits per heavy atom. The first-order valence-electron chi connectivity index (χ1n) is 7.64. The summed E-state index contributed by atoms with van der Waals surface area (Å²) in [6.07, 6.45) is 5.48. The third-order valence-corrected chi connectivity index (χ3v) is 4.26. The lowest BCUT2D eigenvalue weighted by Crippen LogP contribution is -2.01. The fourth-order valence-corrected chi connectivity index (χ4v) is 2.92. The fraction of sp³-hybridized carbons (Fsp3) is 0.533. The average molecular weight is 284 g/mol. The summed E-state index contributed by atoms with van der Waals surface area (Å²) in [5.41, 5.74) is 5.45. The molecule has 0 atom stereocenters. The number of nitrogens with one attached hydrogen (secondary N) is 1. The van der Waals surface area contributed by atoms with Gasteiger partial charge in [0.05, 0.1) is 17.5 Å². The number of nitrogens with zero attached hydrogens (tertiary/aromatic N) is 5. The van der Waals surface area contributed by atoms with Crippen LogP contribution in [0.1, 0.15) is 43.5 Å². The number of aromatic amines is 1. The first-order valence-corrected chi connectivity index (χ1v) is 7.64. The number of rotatable bonds is 4. The Labute approximate surface area is 123 Å². The topological polar surface area (TPSA) is 64.3 Å². The lowest BCUT2D eigenvalue weighted by molar-refractivity contribution is 0.587. The number of H-pyrrole nitrogens is 1. The standard InChI is InChI=1S/C15H20N6/c1-4-7-21-9(2)11(8-16-21)14-17-13-12(10-5-6-10)19-20(3)15(13)18-14/h8,10H,4-7H2,1-3H3,(H,17,18). The highest BCUT2D eigenvalue weighted by Gasteiger charge is 2.30. The molecular weight excluding hydrogens is 264 g/mol. The summed E-state index contributed by atoms with van der Waals surface area (Å²) in [6.45, 7) is 5.21. The van der Waals surface area contributed by atoms with Crippen LogP contribution < -0.4 is 0 Å². The van der Waals surface area contributed by atoms with Gasteiger partial charge in [-0.2, -0.15) is 10.2 Å². The normalized spacial score (nSPS) is 15.2. The smallest absolute Gasteiger partial charge is 0.176 e. The van der Waals surface area contributed by atoms with Crippen molar-refractivity contribution >= 4 is 11.2 Å². The van der Waals surface area contributed by atoms with Crippen molar-refractivity contribution < 1.29 is 0 Å². The Balaban J connectivity index is 1.82. The minimum atomic E-state index is 0.617. The minimum Gasteiger partial charge on any atom is -0.335 e. The van der Waals surface area contributed by atoms with E-state index in [9.17, 15) is 0 Å². The van der Waals surface area contributed by atoms with Crippen LogP contribution in [0.2, 0.25) is 0 Å². The molecule has 0 aliphatic heterocycles. The molecule has 0 saturated heterocycles. The van der Waals surface area contributed by atoms with Gasteiger partial charge in [0.1, 0.15) is 11.3 Å². The molecule has 3 heterocycles. The van der Waals surface area contributed by atoms with Gasteiger partial charge in [0, 0.05) is 25.2 Å². The molecule has 3 aromatic rings. The molecule has 110 valence electrons. The van der Waals surface area contributed by atoms with Gasteiger partial charge in [-0.1, -0.05) is 6.92 Å². The predicted octanol–water partition coefficient (Wildman–Crippen LogP) is 2.76. The van der Waals surface area contributed by atoms with Gasteiger partial charge < -0.3 is 4.98 Å². The summed E-state index contributed by atoms with van der Waals surface area (Å²) in [7, 11) is 1.96. The molecule has 1 saturated carbocycles. The number of hydrogen-bond donors (Lipinski definition) is 1. The van der Waals surface area contributed by atoms with Crippen molar-refractivity contribution in [3.63, 3.8) is 0 Å². The second kappa shape index (κ2) is 4.44. The fourth-order valence-electron chi connectivity index (χ4n) is 2.92. The summed E-state index contributed by atoms with van der Waals surface area (Å²) in [5, 5.41) is 9.07. The van der Waals surface area contributed by atoms with E-state index in [2.05, 4.69) is 29.0 Å². The van der Waals surface area contributed by atoms with Gasteiger partial charge in [-0.25, -0.2) is 9.67 Å². The quantitative estimate of drug-likeness (QED) is 0.801. The van der Waals surface area contributed by atoms with Crippen molar-refractivity contribution in [3.8, 4) is 11.4 Å². The zero-order chi connectivity index (χ0) is 14.6. The minimum absolute atomic E-state index is 0.617. The van der Waals surface area contributed by atoms with Crippen molar-refractivity contribution in [1.82, 2.24) is 29.5 Å². The van der Waals surface area contributed by atoms with E-state index >= 15 is 0 Å². The number of fused-ring (bicyclic) bond motifs is 1. The summed E-state index contributed by atoms with van der Waals surface area (Å²) in [5.74, 6) is 1.52. The molecule has 0 amide bonds. The molecule has 3 aromatic heterocycles. The molecule has 6 nitrogen and oxygen atoms in total. The Morgan fingerprint density at radius 1 is 1.38 bits per heavy atom. The highest BCUT2D eigenvalue weighted by Crippen LogP contribution is 2.42. The Bertz CT molecular complexity index is 802. The number of imidazole rings is 1. The molecule has 6 heteroatoms. The van der Waals surface area contributed by atoms with Gasteiger partial charge in [-0.05, 0) is 26.2 Å². The molecule has 0 aromatic carbocycles. The Morgan fingerprint density at radius 3 is 2.90 bits per heavy atom. The molecular formula is C15H20N6. The van der Waals surface area contributed by atoms with Crippen LogP contribution in [0.4, 0.5) is 0 Å². The summed E-state index contributed by atoms with van der Waals surface area (Å²) < 4.78 is 3.93. The maximum absolute atomic E-state index is 4.74. The van der Waals surface area contributed by atoms with Gasteiger partial charge in [0.15, 0.2) is 5.65 Å². The van der Waals surface area contributed by atoms with E-state index in [0.29, 0.717) is 5.92 Å². The van der Waals surface area contributed by atoms with Crippen molar-refractivity contribution in [2.24, 2.45) is 7.05 Å². The Hall–Kier alpha value is -2.11. The van der Waals surface area contributed by atoms with Crippen LogP contribution >= 0.6 is 0 Å².